The second-order valence-electron chi connectivity index (χ2n) is 5.56. The molecule has 0 spiro atoms. The quantitative estimate of drug-likeness (QED) is 0.453. The molecule has 0 radical (unpaired) electrons. The van der Waals surface area contributed by atoms with Gasteiger partial charge in [0.05, 0.1) is 24.5 Å². The van der Waals surface area contributed by atoms with E-state index < -0.39 is 0 Å². The maximum absolute atomic E-state index is 11.8. The van der Waals surface area contributed by atoms with E-state index in [9.17, 15) is 9.59 Å². The molecule has 3 atom stereocenters. The van der Waals surface area contributed by atoms with Crippen LogP contribution in [0, 0.1) is 11.8 Å². The molecule has 3 unspecified atom stereocenters. The zero-order valence-corrected chi connectivity index (χ0v) is 13.6. The van der Waals surface area contributed by atoms with Gasteiger partial charge in [-0.3, -0.25) is 9.59 Å². The van der Waals surface area contributed by atoms with Crippen LogP contribution in [0.2, 0.25) is 0 Å². The molecule has 0 fully saturated rings. The predicted molar refractivity (Wildman–Crippen MR) is 79.3 cm³/mol. The van der Waals surface area contributed by atoms with Gasteiger partial charge in [-0.1, -0.05) is 34.1 Å². The van der Waals surface area contributed by atoms with Gasteiger partial charge in [0.15, 0.2) is 0 Å². The summed E-state index contributed by atoms with van der Waals surface area (Å²) in [6, 6.07) is 0. The van der Waals surface area contributed by atoms with Crippen molar-refractivity contribution in [2.75, 3.05) is 6.61 Å². The van der Waals surface area contributed by atoms with Crippen LogP contribution in [0.5, 0.6) is 0 Å². The molecule has 0 bridgehead atoms. The minimum atomic E-state index is -0.175. The summed E-state index contributed by atoms with van der Waals surface area (Å²) in [5.41, 5.74) is 0. The van der Waals surface area contributed by atoms with E-state index in [1.54, 1.807) is 0 Å². The van der Waals surface area contributed by atoms with E-state index in [0.717, 1.165) is 19.3 Å². The number of carbonyl (C=O) groups is 2. The Morgan fingerprint density at radius 3 is 2.00 bits per heavy atom. The molecule has 0 heterocycles. The normalized spacial score (nSPS) is 15.2. The lowest BCUT2D eigenvalue weighted by Crippen LogP contribution is -2.22. The highest BCUT2D eigenvalue weighted by molar-refractivity contribution is 5.73. The highest BCUT2D eigenvalue weighted by Gasteiger charge is 2.20. The molecule has 0 N–H and O–H groups in total. The minimum absolute atomic E-state index is 0.0404. The Hall–Kier alpha value is -1.06. The molecule has 4 nitrogen and oxygen atoms in total. The highest BCUT2D eigenvalue weighted by atomic mass is 16.5. The van der Waals surface area contributed by atoms with Crippen molar-refractivity contribution in [1.29, 1.82) is 0 Å². The van der Waals surface area contributed by atoms with Crippen molar-refractivity contribution in [2.24, 2.45) is 11.8 Å². The lowest BCUT2D eigenvalue weighted by atomic mass is 9.98. The molecular formula is C16H30O4. The van der Waals surface area contributed by atoms with Gasteiger partial charge in [-0.05, 0) is 32.6 Å². The van der Waals surface area contributed by atoms with Crippen LogP contribution in [0.1, 0.15) is 66.7 Å². The smallest absolute Gasteiger partial charge is 0.308 e. The molecule has 0 aromatic rings. The van der Waals surface area contributed by atoms with Crippen LogP contribution < -0.4 is 0 Å². The Bertz CT molecular complexity index is 288. The lowest BCUT2D eigenvalue weighted by molar-refractivity contribution is -0.154. The van der Waals surface area contributed by atoms with Gasteiger partial charge in [-0.15, -0.1) is 0 Å². The topological polar surface area (TPSA) is 52.6 Å². The first-order valence-corrected chi connectivity index (χ1v) is 7.79. The van der Waals surface area contributed by atoms with E-state index in [1.807, 2.05) is 27.7 Å². The van der Waals surface area contributed by atoms with Gasteiger partial charge >= 0.3 is 11.9 Å². The SMILES string of the molecule is CCCCOC(=O)C(C)CCC(C)C(=O)OC(C)CC. The van der Waals surface area contributed by atoms with Crippen LogP contribution in [0.3, 0.4) is 0 Å². The zero-order valence-electron chi connectivity index (χ0n) is 13.6. The molecule has 0 amide bonds. The number of hydrogen-bond acceptors (Lipinski definition) is 4. The van der Waals surface area contributed by atoms with E-state index in [4.69, 9.17) is 9.47 Å². The summed E-state index contributed by atoms with van der Waals surface area (Å²) >= 11 is 0. The first-order valence-electron chi connectivity index (χ1n) is 7.79. The average molecular weight is 286 g/mol. The average Bonchev–Trinajstić information content (AvgIpc) is 2.43. The van der Waals surface area contributed by atoms with Crippen molar-refractivity contribution < 1.29 is 19.1 Å². The van der Waals surface area contributed by atoms with Crippen LogP contribution in [-0.2, 0) is 19.1 Å². The third-order valence-corrected chi connectivity index (χ3v) is 3.47. The monoisotopic (exact) mass is 286 g/mol. The third kappa shape index (κ3) is 8.18. The second-order valence-corrected chi connectivity index (χ2v) is 5.56. The fourth-order valence-electron chi connectivity index (χ4n) is 1.59. The summed E-state index contributed by atoms with van der Waals surface area (Å²) < 4.78 is 10.4. The van der Waals surface area contributed by atoms with Crippen LogP contribution in [0.25, 0.3) is 0 Å². The summed E-state index contributed by atoms with van der Waals surface area (Å²) in [4.78, 5) is 23.5. The van der Waals surface area contributed by atoms with Crippen LogP contribution >= 0.6 is 0 Å². The molecule has 20 heavy (non-hydrogen) atoms. The highest BCUT2D eigenvalue weighted by Crippen LogP contribution is 2.16. The summed E-state index contributed by atoms with van der Waals surface area (Å²) in [5, 5.41) is 0. The van der Waals surface area contributed by atoms with Crippen molar-refractivity contribution in [3.05, 3.63) is 0 Å². The molecule has 0 aromatic carbocycles. The van der Waals surface area contributed by atoms with Gasteiger partial charge in [0.2, 0.25) is 0 Å². The third-order valence-electron chi connectivity index (χ3n) is 3.47. The van der Waals surface area contributed by atoms with Crippen LogP contribution in [-0.4, -0.2) is 24.6 Å². The van der Waals surface area contributed by atoms with Crippen LogP contribution in [0.15, 0.2) is 0 Å². The van der Waals surface area contributed by atoms with Crippen molar-refractivity contribution >= 4 is 11.9 Å². The summed E-state index contributed by atoms with van der Waals surface area (Å²) in [6.45, 7) is 10.1. The fourth-order valence-corrected chi connectivity index (χ4v) is 1.59. The standard InChI is InChI=1S/C16H30O4/c1-6-8-11-19-15(17)12(3)9-10-13(4)16(18)20-14(5)7-2/h12-14H,6-11H2,1-5H3. The number of rotatable bonds is 10. The van der Waals surface area contributed by atoms with Gasteiger partial charge in [-0.2, -0.15) is 0 Å². The van der Waals surface area contributed by atoms with E-state index in [1.165, 1.54) is 0 Å². The van der Waals surface area contributed by atoms with Crippen molar-refractivity contribution in [3.63, 3.8) is 0 Å². The van der Waals surface area contributed by atoms with E-state index in [0.29, 0.717) is 19.4 Å². The van der Waals surface area contributed by atoms with E-state index >= 15 is 0 Å². The molecule has 0 aliphatic carbocycles. The largest absolute Gasteiger partial charge is 0.465 e. The van der Waals surface area contributed by atoms with Gasteiger partial charge < -0.3 is 9.47 Å². The van der Waals surface area contributed by atoms with Crippen molar-refractivity contribution in [2.45, 2.75) is 72.8 Å². The summed E-state index contributed by atoms with van der Waals surface area (Å²) in [7, 11) is 0. The number of esters is 2. The molecule has 0 aromatic heterocycles. The lowest BCUT2D eigenvalue weighted by Gasteiger charge is -2.17. The van der Waals surface area contributed by atoms with Gasteiger partial charge in [0.25, 0.3) is 0 Å². The first-order chi connectivity index (χ1) is 9.42. The van der Waals surface area contributed by atoms with Crippen molar-refractivity contribution in [3.8, 4) is 0 Å². The Kier molecular flexibility index (Phi) is 10.1. The molecule has 118 valence electrons. The van der Waals surface area contributed by atoms with Gasteiger partial charge in [0, 0.05) is 0 Å². The second kappa shape index (κ2) is 10.7. The number of hydrogen-bond donors (Lipinski definition) is 0. The maximum atomic E-state index is 11.8. The summed E-state index contributed by atoms with van der Waals surface area (Å²) in [5.74, 6) is -0.674. The van der Waals surface area contributed by atoms with Gasteiger partial charge in [-0.25, -0.2) is 0 Å². The van der Waals surface area contributed by atoms with E-state index in [-0.39, 0.29) is 29.9 Å². The number of ether oxygens (including phenoxy) is 2. The van der Waals surface area contributed by atoms with E-state index in [2.05, 4.69) is 6.92 Å². The first kappa shape index (κ1) is 18.9. The number of unbranched alkanes of at least 4 members (excludes halogenated alkanes) is 1. The van der Waals surface area contributed by atoms with Crippen molar-refractivity contribution in [1.82, 2.24) is 0 Å². The molecule has 0 rings (SSSR count). The fraction of sp³-hybridized carbons (Fsp3) is 0.875. The van der Waals surface area contributed by atoms with Crippen LogP contribution in [0.4, 0.5) is 0 Å². The zero-order chi connectivity index (χ0) is 15.5. The van der Waals surface area contributed by atoms with Gasteiger partial charge in [0.1, 0.15) is 0 Å². The minimum Gasteiger partial charge on any atom is -0.465 e. The Morgan fingerprint density at radius 2 is 1.50 bits per heavy atom. The molecular weight excluding hydrogens is 256 g/mol. The Balaban J connectivity index is 3.95. The molecule has 0 aliphatic heterocycles. The molecule has 0 aliphatic rings. The molecule has 0 saturated carbocycles. The predicted octanol–water partition coefficient (Wildman–Crippen LogP) is 3.72. The maximum Gasteiger partial charge on any atom is 0.308 e. The number of carbonyl (C=O) groups excluding carboxylic acids is 2. The molecule has 0 saturated heterocycles. The Labute approximate surface area is 123 Å². The molecule has 4 heteroatoms. The summed E-state index contributed by atoms with van der Waals surface area (Å²) in [6.07, 6.45) is 4.00. The Morgan fingerprint density at radius 1 is 0.950 bits per heavy atom.